The topological polar surface area (TPSA) is 92.9 Å². The molecular formula is C13H20N4O3. The Kier molecular flexibility index (Phi) is 4.08. The van der Waals surface area contributed by atoms with Crippen LogP contribution in [0.5, 0.6) is 0 Å². The number of H-pyrrole nitrogens is 1. The molecule has 7 nitrogen and oxygen atoms in total. The summed E-state index contributed by atoms with van der Waals surface area (Å²) >= 11 is 0. The van der Waals surface area contributed by atoms with Gasteiger partial charge in [0.2, 0.25) is 0 Å². The van der Waals surface area contributed by atoms with Crippen molar-refractivity contribution in [2.75, 3.05) is 0 Å². The molecule has 0 fully saturated rings. The molecule has 0 aliphatic rings. The fraction of sp³-hybridized carbons (Fsp3) is 0.615. The van der Waals surface area contributed by atoms with Crippen molar-refractivity contribution in [3.05, 3.63) is 26.7 Å². The predicted molar refractivity (Wildman–Crippen MR) is 75.8 cm³/mol. The number of nitrogens with one attached hydrogen (secondary N) is 1. The van der Waals surface area contributed by atoms with E-state index in [1.54, 1.807) is 18.7 Å². The summed E-state index contributed by atoms with van der Waals surface area (Å²) in [6.45, 7) is 1.94. The molecule has 7 heteroatoms. The van der Waals surface area contributed by atoms with Gasteiger partial charge in [0.05, 0.1) is 6.10 Å². The van der Waals surface area contributed by atoms with Gasteiger partial charge in [-0.1, -0.05) is 6.92 Å². The van der Waals surface area contributed by atoms with Crippen molar-refractivity contribution in [2.24, 2.45) is 14.1 Å². The molecule has 0 spiro atoms. The van der Waals surface area contributed by atoms with Gasteiger partial charge in [-0.05, 0) is 19.3 Å². The van der Waals surface area contributed by atoms with E-state index in [9.17, 15) is 14.7 Å². The summed E-state index contributed by atoms with van der Waals surface area (Å²) in [6, 6.07) is 0. The SMILES string of the molecule is CCC(O)CCCc1nc2c(c(=O)[nH]c(=O)n2C)n1C. The molecule has 1 unspecified atom stereocenters. The molecule has 2 heterocycles. The third kappa shape index (κ3) is 2.53. The van der Waals surface area contributed by atoms with Gasteiger partial charge in [0, 0.05) is 20.5 Å². The van der Waals surface area contributed by atoms with E-state index < -0.39 is 11.2 Å². The van der Waals surface area contributed by atoms with Crippen molar-refractivity contribution in [3.8, 4) is 0 Å². The van der Waals surface area contributed by atoms with Crippen LogP contribution in [0.1, 0.15) is 32.0 Å². The second-order valence-corrected chi connectivity index (χ2v) is 5.03. The number of imidazole rings is 1. The highest BCUT2D eigenvalue weighted by Gasteiger charge is 2.14. The molecule has 1 atom stereocenters. The lowest BCUT2D eigenvalue weighted by Crippen LogP contribution is -2.29. The first kappa shape index (κ1) is 14.5. The van der Waals surface area contributed by atoms with Gasteiger partial charge in [-0.2, -0.15) is 0 Å². The van der Waals surface area contributed by atoms with Crippen LogP contribution >= 0.6 is 0 Å². The number of aromatic amines is 1. The lowest BCUT2D eigenvalue weighted by molar-refractivity contribution is 0.157. The first-order chi connectivity index (χ1) is 9.45. The molecule has 2 aromatic rings. The Balaban J connectivity index is 2.35. The normalized spacial score (nSPS) is 13.0. The Hall–Kier alpha value is -1.89. The molecule has 0 amide bonds. The molecule has 2 N–H and O–H groups in total. The first-order valence-corrected chi connectivity index (χ1v) is 6.78. The van der Waals surface area contributed by atoms with E-state index >= 15 is 0 Å². The maximum Gasteiger partial charge on any atom is 0.329 e. The molecule has 0 aliphatic heterocycles. The van der Waals surface area contributed by atoms with E-state index in [1.165, 1.54) is 4.57 Å². The fourth-order valence-electron chi connectivity index (χ4n) is 2.28. The third-order valence-corrected chi connectivity index (χ3v) is 3.64. The summed E-state index contributed by atoms with van der Waals surface area (Å²) in [5.74, 6) is 0.745. The van der Waals surface area contributed by atoms with Crippen LogP contribution in [0.3, 0.4) is 0 Å². The van der Waals surface area contributed by atoms with Gasteiger partial charge in [0.15, 0.2) is 11.2 Å². The number of fused-ring (bicyclic) bond motifs is 1. The van der Waals surface area contributed by atoms with Crippen molar-refractivity contribution in [2.45, 2.75) is 38.7 Å². The molecule has 110 valence electrons. The molecule has 0 aromatic carbocycles. The van der Waals surface area contributed by atoms with Crippen molar-refractivity contribution in [3.63, 3.8) is 0 Å². The Morgan fingerprint density at radius 2 is 2.00 bits per heavy atom. The highest BCUT2D eigenvalue weighted by atomic mass is 16.3. The zero-order valence-corrected chi connectivity index (χ0v) is 12.0. The van der Waals surface area contributed by atoms with Crippen LogP contribution in [0.15, 0.2) is 9.59 Å². The van der Waals surface area contributed by atoms with Gasteiger partial charge in [0.25, 0.3) is 5.56 Å². The van der Waals surface area contributed by atoms with Crippen molar-refractivity contribution in [1.82, 2.24) is 19.1 Å². The summed E-state index contributed by atoms with van der Waals surface area (Å²) in [5.41, 5.74) is -0.0862. The number of hydrogen-bond acceptors (Lipinski definition) is 4. The van der Waals surface area contributed by atoms with Crippen LogP contribution < -0.4 is 11.2 Å². The number of rotatable bonds is 5. The largest absolute Gasteiger partial charge is 0.393 e. The van der Waals surface area contributed by atoms with Gasteiger partial charge in [-0.25, -0.2) is 9.78 Å². The second kappa shape index (κ2) is 5.62. The van der Waals surface area contributed by atoms with E-state index in [2.05, 4.69) is 9.97 Å². The zero-order chi connectivity index (χ0) is 14.9. The highest BCUT2D eigenvalue weighted by Crippen LogP contribution is 2.12. The van der Waals surface area contributed by atoms with Crippen LogP contribution in [-0.2, 0) is 20.5 Å². The maximum absolute atomic E-state index is 11.8. The Morgan fingerprint density at radius 1 is 1.30 bits per heavy atom. The summed E-state index contributed by atoms with van der Waals surface area (Å²) in [4.78, 5) is 30.0. The van der Waals surface area contributed by atoms with E-state index in [0.717, 1.165) is 18.7 Å². The summed E-state index contributed by atoms with van der Waals surface area (Å²) in [6.07, 6.45) is 2.59. The smallest absolute Gasteiger partial charge is 0.329 e. The number of aryl methyl sites for hydroxylation is 3. The molecule has 20 heavy (non-hydrogen) atoms. The number of aliphatic hydroxyl groups excluding tert-OH is 1. The monoisotopic (exact) mass is 280 g/mol. The van der Waals surface area contributed by atoms with Crippen molar-refractivity contribution < 1.29 is 5.11 Å². The van der Waals surface area contributed by atoms with Crippen LogP contribution in [0, 0.1) is 0 Å². The average molecular weight is 280 g/mol. The van der Waals surface area contributed by atoms with E-state index in [1.807, 2.05) is 6.92 Å². The average Bonchev–Trinajstić information content (AvgIpc) is 2.74. The number of aliphatic hydroxyl groups is 1. The van der Waals surface area contributed by atoms with E-state index in [0.29, 0.717) is 24.0 Å². The van der Waals surface area contributed by atoms with Crippen molar-refractivity contribution in [1.29, 1.82) is 0 Å². The minimum atomic E-state index is -0.464. The van der Waals surface area contributed by atoms with Crippen LogP contribution in [-0.4, -0.2) is 30.3 Å². The van der Waals surface area contributed by atoms with Crippen LogP contribution in [0.25, 0.3) is 11.2 Å². The molecule has 0 bridgehead atoms. The first-order valence-electron chi connectivity index (χ1n) is 6.78. The van der Waals surface area contributed by atoms with Crippen molar-refractivity contribution >= 4 is 11.2 Å². The van der Waals surface area contributed by atoms with Crippen LogP contribution in [0.4, 0.5) is 0 Å². The highest BCUT2D eigenvalue weighted by molar-refractivity contribution is 5.70. The number of aromatic nitrogens is 4. The zero-order valence-electron chi connectivity index (χ0n) is 12.0. The third-order valence-electron chi connectivity index (χ3n) is 3.64. The second-order valence-electron chi connectivity index (χ2n) is 5.03. The quantitative estimate of drug-likeness (QED) is 0.809. The lowest BCUT2D eigenvalue weighted by atomic mass is 10.1. The summed E-state index contributed by atoms with van der Waals surface area (Å²) < 4.78 is 3.05. The molecular weight excluding hydrogens is 260 g/mol. The van der Waals surface area contributed by atoms with E-state index in [4.69, 9.17) is 0 Å². The fourth-order valence-corrected chi connectivity index (χ4v) is 2.28. The van der Waals surface area contributed by atoms with Gasteiger partial charge in [0.1, 0.15) is 5.82 Å². The molecule has 0 aliphatic carbocycles. The molecule has 0 saturated carbocycles. The summed E-state index contributed by atoms with van der Waals surface area (Å²) in [5, 5.41) is 9.54. The lowest BCUT2D eigenvalue weighted by Gasteiger charge is -2.06. The molecule has 2 rings (SSSR count). The van der Waals surface area contributed by atoms with Gasteiger partial charge < -0.3 is 9.67 Å². The standard InChI is InChI=1S/C13H20N4O3/c1-4-8(18)6-5-7-9-14-11-10(16(9)2)12(19)15-13(20)17(11)3/h8,18H,4-7H2,1-3H3,(H,15,19,20). The number of hydrogen-bond donors (Lipinski definition) is 2. The maximum atomic E-state index is 11.8. The minimum Gasteiger partial charge on any atom is -0.393 e. The minimum absolute atomic E-state index is 0.294. The predicted octanol–water partition coefficient (Wildman–Crippen LogP) is 0.0539. The Morgan fingerprint density at radius 3 is 2.65 bits per heavy atom. The Bertz CT molecular complexity index is 726. The van der Waals surface area contributed by atoms with Gasteiger partial charge in [-0.3, -0.25) is 14.3 Å². The molecule has 0 radical (unpaired) electrons. The van der Waals surface area contributed by atoms with Gasteiger partial charge in [-0.15, -0.1) is 0 Å². The number of nitrogens with zero attached hydrogens (tertiary/aromatic N) is 3. The van der Waals surface area contributed by atoms with Gasteiger partial charge >= 0.3 is 5.69 Å². The molecule has 0 saturated heterocycles. The molecule has 2 aromatic heterocycles. The van der Waals surface area contributed by atoms with E-state index in [-0.39, 0.29) is 6.10 Å². The summed E-state index contributed by atoms with van der Waals surface area (Å²) in [7, 11) is 3.35. The Labute approximate surface area is 115 Å². The van der Waals surface area contributed by atoms with Crippen LogP contribution in [0.2, 0.25) is 0 Å².